The van der Waals surface area contributed by atoms with Gasteiger partial charge in [-0.05, 0) is 48.2 Å². The first-order valence-electron chi connectivity index (χ1n) is 7.48. The molecule has 1 amide bonds. The van der Waals surface area contributed by atoms with Crippen molar-refractivity contribution in [1.29, 1.82) is 0 Å². The Morgan fingerprint density at radius 3 is 2.25 bits per heavy atom. The minimum absolute atomic E-state index is 0.158. The monoisotopic (exact) mass is 331 g/mol. The number of carbonyl (C=O) groups is 2. The highest BCUT2D eigenvalue weighted by molar-refractivity contribution is 5.94. The molecule has 0 bridgehead atoms. The Labute approximate surface area is 137 Å². The molecule has 0 spiro atoms. The maximum Gasteiger partial charge on any atom is 0.330 e. The molecule has 1 atom stereocenters. The van der Waals surface area contributed by atoms with E-state index in [0.717, 1.165) is 6.07 Å². The number of hydrogen-bond donors (Lipinski definition) is 2. The Morgan fingerprint density at radius 2 is 1.71 bits per heavy atom. The first-order chi connectivity index (χ1) is 11.4. The molecule has 1 fully saturated rings. The Bertz CT molecular complexity index is 785. The summed E-state index contributed by atoms with van der Waals surface area (Å²) in [6, 6.07) is 9.36. The van der Waals surface area contributed by atoms with Crippen LogP contribution in [-0.2, 0) is 15.0 Å². The lowest BCUT2D eigenvalue weighted by molar-refractivity contribution is -0.142. The van der Waals surface area contributed by atoms with Gasteiger partial charge in [0.1, 0.15) is 11.6 Å². The van der Waals surface area contributed by atoms with Crippen molar-refractivity contribution in [2.45, 2.75) is 24.3 Å². The summed E-state index contributed by atoms with van der Waals surface area (Å²) >= 11 is 0. The van der Waals surface area contributed by atoms with E-state index in [2.05, 4.69) is 5.32 Å². The summed E-state index contributed by atoms with van der Waals surface area (Å²) < 4.78 is 26.4. The SMILES string of the molecule is O=C(O)C(NC(=O)C1(c2ccc(F)cc2)CC1)c1cccc(F)c1. The van der Waals surface area contributed by atoms with Crippen molar-refractivity contribution in [3.8, 4) is 0 Å². The van der Waals surface area contributed by atoms with Gasteiger partial charge in [0.2, 0.25) is 5.91 Å². The fourth-order valence-electron chi connectivity index (χ4n) is 2.78. The van der Waals surface area contributed by atoms with E-state index in [4.69, 9.17) is 0 Å². The smallest absolute Gasteiger partial charge is 0.330 e. The molecule has 1 aliphatic carbocycles. The minimum atomic E-state index is -1.34. The molecule has 124 valence electrons. The third-order valence-corrected chi connectivity index (χ3v) is 4.29. The number of rotatable bonds is 5. The van der Waals surface area contributed by atoms with Crippen LogP contribution in [0.3, 0.4) is 0 Å². The minimum Gasteiger partial charge on any atom is -0.479 e. The highest BCUT2D eigenvalue weighted by atomic mass is 19.1. The second kappa shape index (κ2) is 6.03. The number of carboxylic acids is 1. The number of halogens is 2. The molecule has 2 aromatic rings. The van der Waals surface area contributed by atoms with Gasteiger partial charge >= 0.3 is 5.97 Å². The number of benzene rings is 2. The van der Waals surface area contributed by atoms with Crippen LogP contribution in [0, 0.1) is 11.6 Å². The van der Waals surface area contributed by atoms with E-state index in [1.165, 1.54) is 42.5 Å². The number of aliphatic carboxylic acids is 1. The van der Waals surface area contributed by atoms with E-state index in [-0.39, 0.29) is 5.56 Å². The van der Waals surface area contributed by atoms with Crippen molar-refractivity contribution < 1.29 is 23.5 Å². The Balaban J connectivity index is 1.84. The lowest BCUT2D eigenvalue weighted by Gasteiger charge is -2.20. The lowest BCUT2D eigenvalue weighted by Crippen LogP contribution is -2.40. The molecule has 24 heavy (non-hydrogen) atoms. The predicted molar refractivity (Wildman–Crippen MR) is 82.2 cm³/mol. The van der Waals surface area contributed by atoms with Gasteiger partial charge in [0.15, 0.2) is 6.04 Å². The van der Waals surface area contributed by atoms with Crippen LogP contribution in [0.25, 0.3) is 0 Å². The molecule has 3 rings (SSSR count). The topological polar surface area (TPSA) is 66.4 Å². The molecule has 4 nitrogen and oxygen atoms in total. The Morgan fingerprint density at radius 1 is 1.04 bits per heavy atom. The van der Waals surface area contributed by atoms with Crippen molar-refractivity contribution in [2.75, 3.05) is 0 Å². The van der Waals surface area contributed by atoms with Crippen molar-refractivity contribution >= 4 is 11.9 Å². The summed E-state index contributed by atoms with van der Waals surface area (Å²) in [7, 11) is 0. The number of amides is 1. The maximum absolute atomic E-state index is 13.3. The third kappa shape index (κ3) is 2.99. The molecule has 6 heteroatoms. The molecule has 2 N–H and O–H groups in total. The molecule has 0 aromatic heterocycles. The van der Waals surface area contributed by atoms with Gasteiger partial charge in [-0.1, -0.05) is 24.3 Å². The Hall–Kier alpha value is -2.76. The van der Waals surface area contributed by atoms with Crippen molar-refractivity contribution in [2.24, 2.45) is 0 Å². The van der Waals surface area contributed by atoms with Crippen LogP contribution in [0.15, 0.2) is 48.5 Å². The second-order valence-electron chi connectivity index (χ2n) is 5.89. The first kappa shape index (κ1) is 16.1. The van der Waals surface area contributed by atoms with Gasteiger partial charge in [0.05, 0.1) is 5.41 Å². The standard InChI is InChI=1S/C18H15F2NO3/c19-13-6-4-12(5-7-13)18(8-9-18)17(24)21-15(16(22)23)11-2-1-3-14(20)10-11/h1-7,10,15H,8-9H2,(H,21,24)(H,22,23). The van der Waals surface area contributed by atoms with Gasteiger partial charge in [0.25, 0.3) is 0 Å². The molecular weight excluding hydrogens is 316 g/mol. The Kier molecular flexibility index (Phi) is 4.05. The quantitative estimate of drug-likeness (QED) is 0.885. The molecule has 0 radical (unpaired) electrons. The van der Waals surface area contributed by atoms with Crippen LogP contribution in [0.5, 0.6) is 0 Å². The van der Waals surface area contributed by atoms with Gasteiger partial charge in [-0.3, -0.25) is 4.79 Å². The molecule has 2 aromatic carbocycles. The number of carboxylic acid groups (broad SMARTS) is 1. The molecular formula is C18H15F2NO3. The van der Waals surface area contributed by atoms with Crippen LogP contribution < -0.4 is 5.32 Å². The number of hydrogen-bond acceptors (Lipinski definition) is 2. The van der Waals surface area contributed by atoms with Gasteiger partial charge in [-0.25, -0.2) is 13.6 Å². The summed E-state index contributed by atoms with van der Waals surface area (Å²) in [4.78, 5) is 24.1. The lowest BCUT2D eigenvalue weighted by atomic mass is 9.94. The molecule has 1 aliphatic rings. The van der Waals surface area contributed by atoms with Crippen LogP contribution in [0.4, 0.5) is 8.78 Å². The van der Waals surface area contributed by atoms with Crippen LogP contribution in [0.2, 0.25) is 0 Å². The van der Waals surface area contributed by atoms with E-state index in [0.29, 0.717) is 18.4 Å². The van der Waals surface area contributed by atoms with Gasteiger partial charge in [-0.15, -0.1) is 0 Å². The van der Waals surface area contributed by atoms with Crippen molar-refractivity contribution in [1.82, 2.24) is 5.32 Å². The van der Waals surface area contributed by atoms with Crippen molar-refractivity contribution in [3.05, 3.63) is 71.3 Å². The maximum atomic E-state index is 13.3. The highest BCUT2D eigenvalue weighted by Crippen LogP contribution is 2.48. The second-order valence-corrected chi connectivity index (χ2v) is 5.89. The zero-order valence-corrected chi connectivity index (χ0v) is 12.6. The fraction of sp³-hybridized carbons (Fsp3) is 0.222. The zero-order chi connectivity index (χ0) is 17.3. The molecule has 0 saturated heterocycles. The van der Waals surface area contributed by atoms with Gasteiger partial charge in [0, 0.05) is 0 Å². The van der Waals surface area contributed by atoms with Gasteiger partial charge in [-0.2, -0.15) is 0 Å². The molecule has 1 saturated carbocycles. The normalized spacial score (nSPS) is 16.2. The van der Waals surface area contributed by atoms with E-state index < -0.39 is 35.0 Å². The fourth-order valence-corrected chi connectivity index (χ4v) is 2.78. The van der Waals surface area contributed by atoms with Crippen LogP contribution in [-0.4, -0.2) is 17.0 Å². The van der Waals surface area contributed by atoms with E-state index in [1.54, 1.807) is 0 Å². The van der Waals surface area contributed by atoms with E-state index in [1.807, 2.05) is 0 Å². The van der Waals surface area contributed by atoms with E-state index in [9.17, 15) is 23.5 Å². The van der Waals surface area contributed by atoms with Crippen LogP contribution >= 0.6 is 0 Å². The number of nitrogens with one attached hydrogen (secondary N) is 1. The first-order valence-corrected chi connectivity index (χ1v) is 7.48. The third-order valence-electron chi connectivity index (χ3n) is 4.29. The molecule has 1 unspecified atom stereocenters. The van der Waals surface area contributed by atoms with E-state index >= 15 is 0 Å². The summed E-state index contributed by atoms with van der Waals surface area (Å²) in [6.07, 6.45) is 1.11. The largest absolute Gasteiger partial charge is 0.479 e. The summed E-state index contributed by atoms with van der Waals surface area (Å²) in [5.41, 5.74) is -0.0371. The zero-order valence-electron chi connectivity index (χ0n) is 12.6. The summed E-state index contributed by atoms with van der Waals surface area (Å²) in [5, 5.41) is 11.8. The summed E-state index contributed by atoms with van der Waals surface area (Å²) in [5.74, 6) is -2.71. The average molecular weight is 331 g/mol. The van der Waals surface area contributed by atoms with Crippen molar-refractivity contribution in [3.63, 3.8) is 0 Å². The average Bonchev–Trinajstić information content (AvgIpc) is 3.34. The number of carbonyl (C=O) groups excluding carboxylic acids is 1. The molecule has 0 aliphatic heterocycles. The highest BCUT2D eigenvalue weighted by Gasteiger charge is 2.52. The molecule has 0 heterocycles. The predicted octanol–water partition coefficient (Wildman–Crippen LogP) is 2.94. The summed E-state index contributed by atoms with van der Waals surface area (Å²) in [6.45, 7) is 0. The van der Waals surface area contributed by atoms with Crippen LogP contribution in [0.1, 0.15) is 30.0 Å². The van der Waals surface area contributed by atoms with Gasteiger partial charge < -0.3 is 10.4 Å².